The molecule has 1 saturated heterocycles. The van der Waals surface area contributed by atoms with Gasteiger partial charge >= 0.3 is 11.9 Å². The normalized spacial score (nSPS) is 25.6. The molecule has 1 rings (SSSR count). The predicted molar refractivity (Wildman–Crippen MR) is 48.8 cm³/mol. The van der Waals surface area contributed by atoms with E-state index in [1.807, 2.05) is 0 Å². The third-order valence-electron chi connectivity index (χ3n) is 1.73. The van der Waals surface area contributed by atoms with Crippen molar-refractivity contribution in [1.82, 2.24) is 4.90 Å². The van der Waals surface area contributed by atoms with Crippen LogP contribution in [-0.2, 0) is 14.3 Å². The van der Waals surface area contributed by atoms with Crippen molar-refractivity contribution in [2.45, 2.75) is 32.4 Å². The van der Waals surface area contributed by atoms with Crippen LogP contribution in [0.15, 0.2) is 0 Å². The smallest absolute Gasteiger partial charge is 0.325 e. The molecule has 0 amide bonds. The Kier molecular flexibility index (Phi) is 2.80. The van der Waals surface area contributed by atoms with Gasteiger partial charge in [0.05, 0.1) is 6.54 Å². The summed E-state index contributed by atoms with van der Waals surface area (Å²) in [6, 6.07) is -0.356. The van der Waals surface area contributed by atoms with Crippen molar-refractivity contribution in [3.63, 3.8) is 0 Å². The summed E-state index contributed by atoms with van der Waals surface area (Å²) >= 11 is 0. The monoisotopic (exact) mass is 201 g/mol. The molecule has 1 aliphatic heterocycles. The van der Waals surface area contributed by atoms with E-state index >= 15 is 0 Å². The van der Waals surface area contributed by atoms with Crippen LogP contribution in [0.2, 0.25) is 0 Å². The van der Waals surface area contributed by atoms with E-state index in [1.165, 1.54) is 0 Å². The van der Waals surface area contributed by atoms with Crippen LogP contribution >= 0.6 is 0 Å². The van der Waals surface area contributed by atoms with E-state index in [4.69, 9.17) is 9.84 Å². The zero-order valence-corrected chi connectivity index (χ0v) is 8.61. The zero-order valence-electron chi connectivity index (χ0n) is 8.61. The molecule has 0 bridgehead atoms. The minimum absolute atomic E-state index is 0.0933. The average molecular weight is 201 g/mol. The Morgan fingerprint density at radius 1 is 1.50 bits per heavy atom. The van der Waals surface area contributed by atoms with Gasteiger partial charge < -0.3 is 9.84 Å². The molecule has 1 heterocycles. The van der Waals surface area contributed by atoms with Crippen molar-refractivity contribution in [3.05, 3.63) is 0 Å². The molecule has 0 aromatic heterocycles. The third-order valence-corrected chi connectivity index (χ3v) is 1.73. The number of hydrogen-bond donors (Lipinski definition) is 1. The van der Waals surface area contributed by atoms with Gasteiger partial charge in [-0.05, 0) is 20.8 Å². The Labute approximate surface area is 82.6 Å². The van der Waals surface area contributed by atoms with E-state index in [0.717, 1.165) is 0 Å². The van der Waals surface area contributed by atoms with Crippen molar-refractivity contribution in [2.24, 2.45) is 0 Å². The van der Waals surface area contributed by atoms with Gasteiger partial charge in [-0.1, -0.05) is 0 Å². The maximum atomic E-state index is 11.4. The number of hydrogen-bond acceptors (Lipinski definition) is 4. The summed E-state index contributed by atoms with van der Waals surface area (Å²) in [6.45, 7) is 5.75. The van der Waals surface area contributed by atoms with E-state index in [1.54, 1.807) is 25.7 Å². The minimum Gasteiger partial charge on any atom is -0.480 e. The Morgan fingerprint density at radius 3 is 2.50 bits per heavy atom. The van der Waals surface area contributed by atoms with Crippen molar-refractivity contribution < 1.29 is 19.4 Å². The van der Waals surface area contributed by atoms with Crippen LogP contribution in [0, 0.1) is 0 Å². The minimum atomic E-state index is -0.920. The number of carboxylic acids is 1. The number of carboxylic acid groups (broad SMARTS) is 1. The molecule has 1 N–H and O–H groups in total. The SMILES string of the molecule is CC(C)(C)OC(=O)C1CN1CC(=O)O. The van der Waals surface area contributed by atoms with Gasteiger partial charge in [0, 0.05) is 6.54 Å². The number of esters is 1. The Balaban J connectivity index is 2.33. The number of ether oxygens (including phenoxy) is 1. The Bertz CT molecular complexity index is 256. The molecular formula is C9H15NO4. The second-order valence-corrected chi connectivity index (χ2v) is 4.37. The highest BCUT2D eigenvalue weighted by atomic mass is 16.6. The summed E-state index contributed by atoms with van der Waals surface area (Å²) in [5.41, 5.74) is -0.505. The van der Waals surface area contributed by atoms with Gasteiger partial charge in [0.1, 0.15) is 11.6 Å². The molecule has 80 valence electrons. The quantitative estimate of drug-likeness (QED) is 0.518. The number of carbonyl (C=O) groups excluding carboxylic acids is 1. The summed E-state index contributed by atoms with van der Waals surface area (Å²) < 4.78 is 5.10. The summed E-state index contributed by atoms with van der Waals surface area (Å²) in [4.78, 5) is 23.2. The molecule has 1 fully saturated rings. The van der Waals surface area contributed by atoms with E-state index in [9.17, 15) is 9.59 Å². The molecule has 5 nitrogen and oxygen atoms in total. The molecule has 1 aliphatic rings. The number of nitrogens with zero attached hydrogens (tertiary/aromatic N) is 1. The Morgan fingerprint density at radius 2 is 2.07 bits per heavy atom. The lowest BCUT2D eigenvalue weighted by molar-refractivity contribution is -0.155. The Hall–Kier alpha value is -1.10. The molecule has 0 radical (unpaired) electrons. The molecular weight excluding hydrogens is 186 g/mol. The molecule has 2 unspecified atom stereocenters. The first-order valence-electron chi connectivity index (χ1n) is 4.48. The van der Waals surface area contributed by atoms with Crippen LogP contribution in [0.5, 0.6) is 0 Å². The van der Waals surface area contributed by atoms with E-state index in [-0.39, 0.29) is 18.6 Å². The second kappa shape index (κ2) is 3.57. The lowest BCUT2D eigenvalue weighted by Gasteiger charge is -2.19. The first-order chi connectivity index (χ1) is 6.29. The average Bonchev–Trinajstić information content (AvgIpc) is 2.61. The van der Waals surface area contributed by atoms with Gasteiger partial charge in [0.25, 0.3) is 0 Å². The van der Waals surface area contributed by atoms with Gasteiger partial charge in [0.2, 0.25) is 0 Å². The summed E-state index contributed by atoms with van der Waals surface area (Å²) in [7, 11) is 0. The van der Waals surface area contributed by atoms with Crippen LogP contribution in [0.25, 0.3) is 0 Å². The van der Waals surface area contributed by atoms with Crippen LogP contribution < -0.4 is 0 Å². The summed E-state index contributed by atoms with van der Waals surface area (Å²) in [5, 5.41) is 8.46. The lowest BCUT2D eigenvalue weighted by Crippen LogP contribution is -2.29. The van der Waals surface area contributed by atoms with Crippen molar-refractivity contribution >= 4 is 11.9 Å². The highest BCUT2D eigenvalue weighted by molar-refractivity contribution is 5.81. The fourth-order valence-electron chi connectivity index (χ4n) is 1.12. The van der Waals surface area contributed by atoms with Gasteiger partial charge in [-0.3, -0.25) is 14.5 Å². The highest BCUT2D eigenvalue weighted by Gasteiger charge is 2.43. The van der Waals surface area contributed by atoms with Crippen LogP contribution in [0.3, 0.4) is 0 Å². The van der Waals surface area contributed by atoms with Crippen LogP contribution in [0.4, 0.5) is 0 Å². The van der Waals surface area contributed by atoms with Crippen LogP contribution in [-0.4, -0.2) is 46.7 Å². The fraction of sp³-hybridized carbons (Fsp3) is 0.778. The second-order valence-electron chi connectivity index (χ2n) is 4.37. The first-order valence-corrected chi connectivity index (χ1v) is 4.48. The van der Waals surface area contributed by atoms with Gasteiger partial charge in [-0.2, -0.15) is 0 Å². The molecule has 2 atom stereocenters. The maximum absolute atomic E-state index is 11.4. The lowest BCUT2D eigenvalue weighted by atomic mass is 10.2. The molecule has 14 heavy (non-hydrogen) atoms. The van der Waals surface area contributed by atoms with E-state index < -0.39 is 11.6 Å². The van der Waals surface area contributed by atoms with Crippen molar-refractivity contribution in [2.75, 3.05) is 13.1 Å². The van der Waals surface area contributed by atoms with E-state index in [2.05, 4.69) is 0 Å². The van der Waals surface area contributed by atoms with Crippen molar-refractivity contribution in [3.8, 4) is 0 Å². The largest absolute Gasteiger partial charge is 0.480 e. The van der Waals surface area contributed by atoms with Gasteiger partial charge in [-0.25, -0.2) is 0 Å². The summed E-state index contributed by atoms with van der Waals surface area (Å²) in [6.07, 6.45) is 0. The molecule has 0 spiro atoms. The van der Waals surface area contributed by atoms with E-state index in [0.29, 0.717) is 6.54 Å². The van der Waals surface area contributed by atoms with Gasteiger partial charge in [-0.15, -0.1) is 0 Å². The standard InChI is InChI=1S/C9H15NO4/c1-9(2,3)14-8(13)6-4-10(6)5-7(11)12/h6H,4-5H2,1-3H3,(H,11,12). The predicted octanol–water partition coefficient (Wildman–Crippen LogP) is 0.0969. The maximum Gasteiger partial charge on any atom is 0.325 e. The third kappa shape index (κ3) is 3.33. The number of carbonyl (C=O) groups is 2. The molecule has 0 aromatic rings. The zero-order chi connectivity index (χ0) is 10.9. The number of rotatable bonds is 3. The summed E-state index contributed by atoms with van der Waals surface area (Å²) in [5.74, 6) is -1.25. The van der Waals surface area contributed by atoms with Gasteiger partial charge in [0.15, 0.2) is 0 Å². The highest BCUT2D eigenvalue weighted by Crippen LogP contribution is 2.20. The fourth-order valence-corrected chi connectivity index (χ4v) is 1.12. The molecule has 0 aliphatic carbocycles. The van der Waals surface area contributed by atoms with Crippen molar-refractivity contribution in [1.29, 1.82) is 0 Å². The first kappa shape index (κ1) is 11.0. The molecule has 0 aromatic carbocycles. The van der Waals surface area contributed by atoms with Crippen LogP contribution in [0.1, 0.15) is 20.8 Å². The number of aliphatic carboxylic acids is 1. The topological polar surface area (TPSA) is 66.6 Å². The molecule has 0 saturated carbocycles. The molecule has 5 heteroatoms.